The van der Waals surface area contributed by atoms with Crippen molar-refractivity contribution in [3.05, 3.63) is 11.8 Å². The summed E-state index contributed by atoms with van der Waals surface area (Å²) in [7, 11) is 1.38. The van der Waals surface area contributed by atoms with Crippen molar-refractivity contribution in [2.45, 2.75) is 6.92 Å². The van der Waals surface area contributed by atoms with Crippen molar-refractivity contribution in [3.8, 4) is 0 Å². The number of allylic oxidation sites excluding steroid dienone is 1. The molecule has 0 bridgehead atoms. The number of hydrogen-bond acceptors (Lipinski definition) is 3. The summed E-state index contributed by atoms with van der Waals surface area (Å²) in [5.74, 6) is -0.278. The van der Waals surface area contributed by atoms with Crippen LogP contribution in [-0.2, 0) is 9.53 Å². The van der Waals surface area contributed by atoms with Crippen molar-refractivity contribution in [1.29, 1.82) is 0 Å². The molecule has 4 heteroatoms. The van der Waals surface area contributed by atoms with Crippen LogP contribution in [0.4, 0.5) is 4.79 Å². The van der Waals surface area contributed by atoms with Gasteiger partial charge in [0.25, 0.3) is 5.91 Å². The average Bonchev–Trinajstić information content (AvgIpc) is 2.17. The molecule has 4 nitrogen and oxygen atoms in total. The molecule has 0 aliphatic carbocycles. The van der Waals surface area contributed by atoms with E-state index in [0.717, 1.165) is 4.90 Å². The van der Waals surface area contributed by atoms with E-state index in [-0.39, 0.29) is 11.7 Å². The first-order chi connectivity index (χ1) is 4.66. The Balaban J connectivity index is 2.92. The normalized spacial score (nSPS) is 22.2. The standard InChI is InChI=1S/C6H7NO3/c1-3-4-5(8)7(2)6(9)10-4/h3H,1-2H3/b4-3-. The second-order valence-electron chi connectivity index (χ2n) is 1.89. The minimum absolute atomic E-state index is 0.104. The van der Waals surface area contributed by atoms with Gasteiger partial charge < -0.3 is 4.74 Å². The van der Waals surface area contributed by atoms with Crippen molar-refractivity contribution in [2.75, 3.05) is 7.05 Å². The number of rotatable bonds is 0. The predicted octanol–water partition coefficient (Wildman–Crippen LogP) is 0.499. The molecule has 0 unspecified atom stereocenters. The molecule has 1 aliphatic heterocycles. The highest BCUT2D eigenvalue weighted by molar-refractivity contribution is 6.07. The van der Waals surface area contributed by atoms with Crippen LogP contribution in [0.3, 0.4) is 0 Å². The third-order valence-corrected chi connectivity index (χ3v) is 1.25. The van der Waals surface area contributed by atoms with E-state index in [1.165, 1.54) is 13.1 Å². The smallest absolute Gasteiger partial charge is 0.404 e. The van der Waals surface area contributed by atoms with E-state index in [1.807, 2.05) is 0 Å². The molecule has 54 valence electrons. The van der Waals surface area contributed by atoms with E-state index < -0.39 is 6.09 Å². The van der Waals surface area contributed by atoms with Crippen LogP contribution in [0.15, 0.2) is 11.8 Å². The fourth-order valence-electron chi connectivity index (χ4n) is 0.637. The van der Waals surface area contributed by atoms with Crippen molar-refractivity contribution in [2.24, 2.45) is 0 Å². The zero-order chi connectivity index (χ0) is 7.72. The van der Waals surface area contributed by atoms with E-state index in [4.69, 9.17) is 0 Å². The van der Waals surface area contributed by atoms with Crippen molar-refractivity contribution >= 4 is 12.0 Å². The molecule has 10 heavy (non-hydrogen) atoms. The van der Waals surface area contributed by atoms with Crippen LogP contribution in [0, 0.1) is 0 Å². The number of ether oxygens (including phenoxy) is 1. The van der Waals surface area contributed by atoms with Gasteiger partial charge in [-0.05, 0) is 13.0 Å². The summed E-state index contributed by atoms with van der Waals surface area (Å²) in [4.78, 5) is 22.4. The Morgan fingerprint density at radius 3 is 2.30 bits per heavy atom. The van der Waals surface area contributed by atoms with Gasteiger partial charge in [0.05, 0.1) is 0 Å². The lowest BCUT2D eigenvalue weighted by molar-refractivity contribution is -0.122. The number of carbonyl (C=O) groups excluding carboxylic acids is 2. The van der Waals surface area contributed by atoms with Gasteiger partial charge in [-0.1, -0.05) is 0 Å². The van der Waals surface area contributed by atoms with Crippen LogP contribution in [0.2, 0.25) is 0 Å². The van der Waals surface area contributed by atoms with Crippen molar-refractivity contribution in [3.63, 3.8) is 0 Å². The number of cyclic esters (lactones) is 1. The van der Waals surface area contributed by atoms with Crippen LogP contribution in [0.1, 0.15) is 6.92 Å². The molecule has 0 radical (unpaired) electrons. The lowest BCUT2D eigenvalue weighted by atomic mass is 10.4. The van der Waals surface area contributed by atoms with E-state index in [0.29, 0.717) is 0 Å². The van der Waals surface area contributed by atoms with Gasteiger partial charge in [0, 0.05) is 7.05 Å². The van der Waals surface area contributed by atoms with E-state index in [2.05, 4.69) is 4.74 Å². The molecular weight excluding hydrogens is 134 g/mol. The highest BCUT2D eigenvalue weighted by Crippen LogP contribution is 2.13. The maximum Gasteiger partial charge on any atom is 0.422 e. The van der Waals surface area contributed by atoms with Gasteiger partial charge in [0.2, 0.25) is 0 Å². The molecule has 1 rings (SSSR count). The Labute approximate surface area is 58.1 Å². The minimum Gasteiger partial charge on any atom is -0.404 e. The number of imide groups is 1. The van der Waals surface area contributed by atoms with E-state index in [1.54, 1.807) is 6.92 Å². The fourth-order valence-corrected chi connectivity index (χ4v) is 0.637. The first kappa shape index (κ1) is 6.80. The highest BCUT2D eigenvalue weighted by Gasteiger charge is 2.32. The van der Waals surface area contributed by atoms with Gasteiger partial charge in [-0.3, -0.25) is 4.79 Å². The van der Waals surface area contributed by atoms with Gasteiger partial charge in [-0.25, -0.2) is 9.69 Å². The molecule has 0 N–H and O–H groups in total. The Kier molecular flexibility index (Phi) is 1.45. The number of hydrogen-bond donors (Lipinski definition) is 0. The number of carbonyl (C=O) groups is 2. The molecule has 2 amide bonds. The Morgan fingerprint density at radius 2 is 2.10 bits per heavy atom. The Bertz CT molecular complexity index is 219. The monoisotopic (exact) mass is 141 g/mol. The molecule has 1 fully saturated rings. The zero-order valence-electron chi connectivity index (χ0n) is 5.75. The molecule has 0 aromatic carbocycles. The topological polar surface area (TPSA) is 46.6 Å². The fraction of sp³-hybridized carbons (Fsp3) is 0.333. The van der Waals surface area contributed by atoms with Crippen LogP contribution in [0.5, 0.6) is 0 Å². The molecule has 1 saturated heterocycles. The molecule has 0 aromatic heterocycles. The summed E-state index contributed by atoms with van der Waals surface area (Å²) in [5, 5.41) is 0. The van der Waals surface area contributed by atoms with E-state index >= 15 is 0 Å². The quantitative estimate of drug-likeness (QED) is 0.461. The maximum absolute atomic E-state index is 10.9. The number of likely N-dealkylation sites (N-methyl/N-ethyl adjacent to an activating group) is 1. The first-order valence-corrected chi connectivity index (χ1v) is 2.83. The zero-order valence-corrected chi connectivity index (χ0v) is 5.75. The van der Waals surface area contributed by atoms with Gasteiger partial charge in [0.1, 0.15) is 0 Å². The number of amides is 2. The molecule has 0 atom stereocenters. The summed E-state index contributed by atoms with van der Waals surface area (Å²) in [6, 6.07) is 0. The highest BCUT2D eigenvalue weighted by atomic mass is 16.6. The minimum atomic E-state index is -0.613. The molecule has 0 spiro atoms. The Morgan fingerprint density at radius 1 is 1.50 bits per heavy atom. The van der Waals surface area contributed by atoms with Gasteiger partial charge in [-0.2, -0.15) is 0 Å². The van der Waals surface area contributed by atoms with Crippen LogP contribution in [-0.4, -0.2) is 23.9 Å². The SMILES string of the molecule is C/C=C1\OC(=O)N(C)C1=O. The molecule has 1 heterocycles. The predicted molar refractivity (Wildman–Crippen MR) is 33.0 cm³/mol. The summed E-state index contributed by atoms with van der Waals surface area (Å²) in [5.41, 5.74) is 0. The van der Waals surface area contributed by atoms with Crippen LogP contribution < -0.4 is 0 Å². The summed E-state index contributed by atoms with van der Waals surface area (Å²) < 4.78 is 4.53. The summed E-state index contributed by atoms with van der Waals surface area (Å²) in [6.07, 6.45) is 0.849. The first-order valence-electron chi connectivity index (χ1n) is 2.83. The third-order valence-electron chi connectivity index (χ3n) is 1.25. The van der Waals surface area contributed by atoms with Crippen LogP contribution >= 0.6 is 0 Å². The average molecular weight is 141 g/mol. The third kappa shape index (κ3) is 0.775. The molecule has 0 aromatic rings. The second kappa shape index (κ2) is 2.13. The van der Waals surface area contributed by atoms with Gasteiger partial charge in [-0.15, -0.1) is 0 Å². The van der Waals surface area contributed by atoms with Crippen molar-refractivity contribution in [1.82, 2.24) is 4.90 Å². The Hall–Kier alpha value is -1.32. The van der Waals surface area contributed by atoms with E-state index in [9.17, 15) is 9.59 Å². The molecule has 0 saturated carbocycles. The molecular formula is C6H7NO3. The van der Waals surface area contributed by atoms with Crippen LogP contribution in [0.25, 0.3) is 0 Å². The maximum atomic E-state index is 10.9. The lowest BCUT2D eigenvalue weighted by Gasteiger charge is -1.96. The molecule has 1 aliphatic rings. The van der Waals surface area contributed by atoms with Crippen molar-refractivity contribution < 1.29 is 14.3 Å². The number of nitrogens with zero attached hydrogens (tertiary/aromatic N) is 1. The second-order valence-corrected chi connectivity index (χ2v) is 1.89. The van der Waals surface area contributed by atoms with Gasteiger partial charge in [0.15, 0.2) is 5.76 Å². The van der Waals surface area contributed by atoms with Gasteiger partial charge >= 0.3 is 6.09 Å². The summed E-state index contributed by atoms with van der Waals surface area (Å²) >= 11 is 0. The summed E-state index contributed by atoms with van der Waals surface area (Å²) in [6.45, 7) is 1.64. The largest absolute Gasteiger partial charge is 0.422 e. The lowest BCUT2D eigenvalue weighted by Crippen LogP contribution is -2.23.